The summed E-state index contributed by atoms with van der Waals surface area (Å²) >= 11 is 0. The van der Waals surface area contributed by atoms with E-state index in [1.807, 2.05) is 18.2 Å². The van der Waals surface area contributed by atoms with E-state index in [1.165, 1.54) is 11.3 Å². The number of hydrogen-bond acceptors (Lipinski definition) is 3. The molecule has 0 fully saturated rings. The summed E-state index contributed by atoms with van der Waals surface area (Å²) in [5.41, 5.74) is 6.41. The van der Waals surface area contributed by atoms with E-state index >= 15 is 0 Å². The van der Waals surface area contributed by atoms with E-state index in [0.717, 1.165) is 53.0 Å². The number of nitriles is 1. The fourth-order valence-electron chi connectivity index (χ4n) is 3.65. The minimum Gasteiger partial charge on any atom is -0.497 e. The maximum atomic E-state index is 9.80. The summed E-state index contributed by atoms with van der Waals surface area (Å²) in [5.74, 6) is 0.809. The normalized spacial score (nSPS) is 12.7. The lowest BCUT2D eigenvalue weighted by molar-refractivity contribution is 0.415. The third-order valence-corrected chi connectivity index (χ3v) is 4.79. The summed E-state index contributed by atoms with van der Waals surface area (Å²) in [7, 11) is 1.67. The molecule has 0 bridgehead atoms. The first-order valence-electron chi connectivity index (χ1n) is 8.24. The van der Waals surface area contributed by atoms with E-state index in [4.69, 9.17) is 4.74 Å². The van der Waals surface area contributed by atoms with Crippen molar-refractivity contribution < 1.29 is 4.74 Å². The van der Waals surface area contributed by atoms with E-state index in [2.05, 4.69) is 41.1 Å². The molecule has 2 aromatic carbocycles. The number of aryl methyl sites for hydroxylation is 1. The molecule has 0 atom stereocenters. The van der Waals surface area contributed by atoms with E-state index < -0.39 is 0 Å². The van der Waals surface area contributed by atoms with Gasteiger partial charge in [-0.15, -0.1) is 0 Å². The molecule has 3 aromatic rings. The van der Waals surface area contributed by atoms with Crippen LogP contribution in [0.1, 0.15) is 18.1 Å². The van der Waals surface area contributed by atoms with Crippen LogP contribution in [0, 0.1) is 11.3 Å². The van der Waals surface area contributed by atoms with Crippen molar-refractivity contribution in [3.05, 3.63) is 47.5 Å². The first-order valence-corrected chi connectivity index (χ1v) is 8.24. The van der Waals surface area contributed by atoms with Crippen LogP contribution in [0.25, 0.3) is 22.2 Å². The SMILES string of the molecule is CCn1c(-c2ccc3c(c2)CCN3)c(C#N)c2ccc(OC)cc21. The molecule has 0 amide bonds. The monoisotopic (exact) mass is 317 g/mol. The number of hydrogen-bond donors (Lipinski definition) is 1. The average molecular weight is 317 g/mol. The molecule has 2 heterocycles. The van der Waals surface area contributed by atoms with Crippen molar-refractivity contribution in [2.75, 3.05) is 19.0 Å². The third-order valence-electron chi connectivity index (χ3n) is 4.79. The minimum absolute atomic E-state index is 0.736. The maximum absolute atomic E-state index is 9.80. The molecule has 0 aliphatic carbocycles. The number of methoxy groups -OCH3 is 1. The Labute approximate surface area is 141 Å². The summed E-state index contributed by atoms with van der Waals surface area (Å²) in [6, 6.07) is 14.8. The smallest absolute Gasteiger partial charge is 0.120 e. The van der Waals surface area contributed by atoms with Crippen LogP contribution in [0.3, 0.4) is 0 Å². The zero-order valence-electron chi connectivity index (χ0n) is 13.9. The van der Waals surface area contributed by atoms with Gasteiger partial charge in [0.15, 0.2) is 0 Å². The second-order valence-electron chi connectivity index (χ2n) is 6.01. The van der Waals surface area contributed by atoms with Gasteiger partial charge in [-0.1, -0.05) is 6.07 Å². The molecule has 1 N–H and O–H groups in total. The Kier molecular flexibility index (Phi) is 3.42. The summed E-state index contributed by atoms with van der Waals surface area (Å²) in [4.78, 5) is 0. The van der Waals surface area contributed by atoms with Crippen LogP contribution in [0.2, 0.25) is 0 Å². The average Bonchev–Trinajstić information content (AvgIpc) is 3.21. The first kappa shape index (κ1) is 14.6. The topological polar surface area (TPSA) is 50.0 Å². The molecule has 0 unspecified atom stereocenters. The molecule has 0 saturated heterocycles. The molecule has 0 saturated carbocycles. The third kappa shape index (κ3) is 2.05. The van der Waals surface area contributed by atoms with Gasteiger partial charge in [-0.25, -0.2) is 0 Å². The lowest BCUT2D eigenvalue weighted by Gasteiger charge is -2.10. The number of aromatic nitrogens is 1. The summed E-state index contributed by atoms with van der Waals surface area (Å²) in [6.07, 6.45) is 1.03. The van der Waals surface area contributed by atoms with Crippen LogP contribution in [0.5, 0.6) is 5.75 Å². The first-order chi connectivity index (χ1) is 11.8. The molecule has 0 spiro atoms. The molecule has 1 aromatic heterocycles. The number of fused-ring (bicyclic) bond motifs is 2. The summed E-state index contributed by atoms with van der Waals surface area (Å²) in [6.45, 7) is 3.90. The number of nitrogens with zero attached hydrogens (tertiary/aromatic N) is 2. The highest BCUT2D eigenvalue weighted by molar-refractivity contribution is 5.95. The van der Waals surface area contributed by atoms with Crippen LogP contribution in [-0.2, 0) is 13.0 Å². The molecule has 1 aliphatic rings. The van der Waals surface area contributed by atoms with Crippen molar-refractivity contribution >= 4 is 16.6 Å². The van der Waals surface area contributed by atoms with Gasteiger partial charge in [0, 0.05) is 30.2 Å². The van der Waals surface area contributed by atoms with Crippen molar-refractivity contribution in [2.45, 2.75) is 19.9 Å². The summed E-state index contributed by atoms with van der Waals surface area (Å²) < 4.78 is 7.58. The van der Waals surface area contributed by atoms with Gasteiger partial charge >= 0.3 is 0 Å². The zero-order valence-corrected chi connectivity index (χ0v) is 13.9. The van der Waals surface area contributed by atoms with Gasteiger partial charge in [-0.3, -0.25) is 0 Å². The van der Waals surface area contributed by atoms with Crippen molar-refractivity contribution in [3.8, 4) is 23.1 Å². The van der Waals surface area contributed by atoms with Crippen molar-refractivity contribution in [1.82, 2.24) is 4.57 Å². The fourth-order valence-corrected chi connectivity index (χ4v) is 3.65. The second-order valence-corrected chi connectivity index (χ2v) is 6.01. The van der Waals surface area contributed by atoms with Crippen LogP contribution in [0.15, 0.2) is 36.4 Å². The molecule has 1 aliphatic heterocycles. The van der Waals surface area contributed by atoms with Gasteiger partial charge in [-0.2, -0.15) is 5.26 Å². The molecule has 24 heavy (non-hydrogen) atoms. The van der Waals surface area contributed by atoms with Gasteiger partial charge in [-0.05, 0) is 48.7 Å². The van der Waals surface area contributed by atoms with Crippen LogP contribution in [0.4, 0.5) is 5.69 Å². The van der Waals surface area contributed by atoms with Crippen LogP contribution < -0.4 is 10.1 Å². The van der Waals surface area contributed by atoms with E-state index in [9.17, 15) is 5.26 Å². The number of nitrogens with one attached hydrogen (secondary N) is 1. The largest absolute Gasteiger partial charge is 0.497 e. The van der Waals surface area contributed by atoms with E-state index in [-0.39, 0.29) is 0 Å². The van der Waals surface area contributed by atoms with Crippen LogP contribution >= 0.6 is 0 Å². The van der Waals surface area contributed by atoms with Crippen molar-refractivity contribution in [1.29, 1.82) is 5.26 Å². The Morgan fingerprint density at radius 2 is 2.12 bits per heavy atom. The Morgan fingerprint density at radius 1 is 1.25 bits per heavy atom. The van der Waals surface area contributed by atoms with E-state index in [0.29, 0.717) is 0 Å². The fraction of sp³-hybridized carbons (Fsp3) is 0.250. The molecule has 4 heteroatoms. The Bertz CT molecular complexity index is 979. The summed E-state index contributed by atoms with van der Waals surface area (Å²) in [5, 5.41) is 14.2. The number of rotatable bonds is 3. The van der Waals surface area contributed by atoms with Gasteiger partial charge in [0.25, 0.3) is 0 Å². The molecule has 4 nitrogen and oxygen atoms in total. The zero-order chi connectivity index (χ0) is 16.7. The number of ether oxygens (including phenoxy) is 1. The van der Waals surface area contributed by atoms with Crippen molar-refractivity contribution in [2.24, 2.45) is 0 Å². The van der Waals surface area contributed by atoms with E-state index in [1.54, 1.807) is 7.11 Å². The highest BCUT2D eigenvalue weighted by Gasteiger charge is 2.20. The molecule has 0 radical (unpaired) electrons. The minimum atomic E-state index is 0.736. The second kappa shape index (κ2) is 5.61. The number of benzene rings is 2. The molecular weight excluding hydrogens is 298 g/mol. The lowest BCUT2D eigenvalue weighted by Crippen LogP contribution is -1.98. The number of anilines is 1. The van der Waals surface area contributed by atoms with Gasteiger partial charge in [0.1, 0.15) is 11.8 Å². The Morgan fingerprint density at radius 3 is 2.88 bits per heavy atom. The highest BCUT2D eigenvalue weighted by atomic mass is 16.5. The molecular formula is C20H19N3O. The van der Waals surface area contributed by atoms with Gasteiger partial charge in [0.05, 0.1) is 23.9 Å². The Balaban J connectivity index is 2.02. The predicted octanol–water partition coefficient (Wildman–Crippen LogP) is 4.18. The Hall–Kier alpha value is -2.93. The van der Waals surface area contributed by atoms with Crippen molar-refractivity contribution in [3.63, 3.8) is 0 Å². The highest BCUT2D eigenvalue weighted by Crippen LogP contribution is 2.37. The predicted molar refractivity (Wildman–Crippen MR) is 96.5 cm³/mol. The van der Waals surface area contributed by atoms with Gasteiger partial charge in [0.2, 0.25) is 0 Å². The van der Waals surface area contributed by atoms with Gasteiger partial charge < -0.3 is 14.6 Å². The molecule has 4 rings (SSSR count). The van der Waals surface area contributed by atoms with Crippen LogP contribution in [-0.4, -0.2) is 18.2 Å². The lowest BCUT2D eigenvalue weighted by atomic mass is 10.0. The molecule has 120 valence electrons. The maximum Gasteiger partial charge on any atom is 0.120 e. The quantitative estimate of drug-likeness (QED) is 0.788. The standard InChI is InChI=1S/C20H19N3O/c1-3-23-19-11-15(24-2)5-6-16(19)17(12-21)20(23)14-4-7-18-13(10-14)8-9-22-18/h4-7,10-11,22H,3,8-9H2,1-2H3.